The molecule has 0 unspecified atom stereocenters. The van der Waals surface area contributed by atoms with E-state index in [-0.39, 0.29) is 0 Å². The third-order valence-electron chi connectivity index (χ3n) is 5.12. The van der Waals surface area contributed by atoms with Crippen LogP contribution in [0.4, 0.5) is 5.69 Å². The molecule has 2 aliphatic heterocycles. The summed E-state index contributed by atoms with van der Waals surface area (Å²) in [4.78, 5) is 20.8. The van der Waals surface area contributed by atoms with Crippen molar-refractivity contribution in [3.63, 3.8) is 0 Å². The van der Waals surface area contributed by atoms with Gasteiger partial charge in [-0.25, -0.2) is 0 Å². The fraction of sp³-hybridized carbons (Fsp3) is 0.556. The van der Waals surface area contributed by atoms with E-state index in [4.69, 9.17) is 4.42 Å². The predicted molar refractivity (Wildman–Crippen MR) is 92.9 cm³/mol. The summed E-state index contributed by atoms with van der Waals surface area (Å²) in [6, 6.07) is 2.33. The smallest absolute Gasteiger partial charge is 0.236 e. The van der Waals surface area contributed by atoms with Crippen molar-refractivity contribution in [2.24, 2.45) is 0 Å². The number of likely N-dealkylation sites (tertiary alicyclic amines) is 2. The maximum absolute atomic E-state index is 12.3. The Morgan fingerprint density at radius 3 is 2.79 bits per heavy atom. The molecule has 6 nitrogen and oxygen atoms in total. The summed E-state index contributed by atoms with van der Waals surface area (Å²) in [6.45, 7) is 4.37. The van der Waals surface area contributed by atoms with Crippen LogP contribution in [-0.4, -0.2) is 59.5 Å². The summed E-state index contributed by atoms with van der Waals surface area (Å²) < 4.78 is 5.56. The first-order chi connectivity index (χ1) is 11.8. The third kappa shape index (κ3) is 3.24. The van der Waals surface area contributed by atoms with Crippen molar-refractivity contribution < 1.29 is 9.21 Å². The number of hydrogen-bond donors (Lipinski definition) is 1. The summed E-state index contributed by atoms with van der Waals surface area (Å²) in [7, 11) is 0. The van der Waals surface area contributed by atoms with E-state index in [1.54, 1.807) is 6.26 Å². The Labute approximate surface area is 141 Å². The zero-order valence-electron chi connectivity index (χ0n) is 13.9. The zero-order valence-corrected chi connectivity index (χ0v) is 13.9. The highest BCUT2D eigenvalue weighted by Gasteiger charge is 2.24. The Bertz CT molecular complexity index is 700. The van der Waals surface area contributed by atoms with Crippen LogP contribution in [0.15, 0.2) is 29.1 Å². The van der Waals surface area contributed by atoms with Crippen molar-refractivity contribution in [1.82, 2.24) is 14.8 Å². The van der Waals surface area contributed by atoms with Crippen LogP contribution < -0.4 is 5.32 Å². The molecule has 0 saturated carbocycles. The fourth-order valence-electron chi connectivity index (χ4n) is 3.71. The van der Waals surface area contributed by atoms with E-state index in [0.29, 0.717) is 18.5 Å². The number of nitrogens with zero attached hydrogens (tertiary/aromatic N) is 3. The van der Waals surface area contributed by atoms with Crippen LogP contribution in [0.3, 0.4) is 0 Å². The second-order valence-electron chi connectivity index (χ2n) is 6.81. The Morgan fingerprint density at radius 2 is 2.00 bits per heavy atom. The molecule has 2 aromatic heterocycles. The molecule has 6 heteroatoms. The lowest BCUT2D eigenvalue weighted by Gasteiger charge is -2.33. The van der Waals surface area contributed by atoms with E-state index < -0.39 is 0 Å². The van der Waals surface area contributed by atoms with Crippen molar-refractivity contribution in [2.75, 3.05) is 38.0 Å². The summed E-state index contributed by atoms with van der Waals surface area (Å²) in [5.41, 5.74) is 1.83. The largest absolute Gasteiger partial charge is 0.462 e. The van der Waals surface area contributed by atoms with Crippen molar-refractivity contribution in [1.29, 1.82) is 0 Å². The quantitative estimate of drug-likeness (QED) is 0.933. The number of piperidine rings is 1. The number of pyridine rings is 1. The van der Waals surface area contributed by atoms with Gasteiger partial charge in [-0.05, 0) is 31.7 Å². The number of furan rings is 1. The number of fused-ring (bicyclic) bond motifs is 1. The maximum atomic E-state index is 12.3. The average molecular weight is 328 g/mol. The van der Waals surface area contributed by atoms with Crippen molar-refractivity contribution in [2.45, 2.75) is 31.7 Å². The number of amides is 1. The van der Waals surface area contributed by atoms with Crippen LogP contribution in [-0.2, 0) is 4.79 Å². The molecule has 0 radical (unpaired) electrons. The first-order valence-electron chi connectivity index (χ1n) is 8.87. The van der Waals surface area contributed by atoms with Gasteiger partial charge in [-0.15, -0.1) is 0 Å². The molecular formula is C18H24N4O2. The Hall–Kier alpha value is -2.08. The van der Waals surface area contributed by atoms with Gasteiger partial charge in [0.15, 0.2) is 5.58 Å². The van der Waals surface area contributed by atoms with Gasteiger partial charge < -0.3 is 14.6 Å². The van der Waals surface area contributed by atoms with Crippen LogP contribution in [0, 0.1) is 0 Å². The molecule has 0 atom stereocenters. The monoisotopic (exact) mass is 328 g/mol. The van der Waals surface area contributed by atoms with Crippen molar-refractivity contribution >= 4 is 22.6 Å². The molecule has 1 amide bonds. The highest BCUT2D eigenvalue weighted by Crippen LogP contribution is 2.25. The molecule has 0 aromatic carbocycles. The van der Waals surface area contributed by atoms with Crippen LogP contribution in [0.1, 0.15) is 25.7 Å². The molecule has 2 aliphatic rings. The van der Waals surface area contributed by atoms with E-state index in [9.17, 15) is 4.79 Å². The molecule has 1 N–H and O–H groups in total. The first-order valence-corrected chi connectivity index (χ1v) is 8.87. The molecule has 0 aliphatic carbocycles. The minimum Gasteiger partial charge on any atom is -0.462 e. The number of rotatable bonds is 4. The van der Waals surface area contributed by atoms with E-state index in [0.717, 1.165) is 68.5 Å². The number of anilines is 1. The van der Waals surface area contributed by atoms with E-state index in [1.165, 1.54) is 0 Å². The average Bonchev–Trinajstić information content (AvgIpc) is 3.28. The first kappa shape index (κ1) is 15.4. The highest BCUT2D eigenvalue weighted by atomic mass is 16.3. The number of nitrogens with one attached hydrogen (secondary N) is 1. The minimum absolute atomic E-state index is 0.295. The predicted octanol–water partition coefficient (Wildman–Crippen LogP) is 2.33. The van der Waals surface area contributed by atoms with Crippen LogP contribution in [0.2, 0.25) is 0 Å². The molecule has 4 rings (SSSR count). The molecule has 24 heavy (non-hydrogen) atoms. The molecule has 2 aromatic rings. The van der Waals surface area contributed by atoms with Gasteiger partial charge in [0.2, 0.25) is 5.91 Å². The van der Waals surface area contributed by atoms with Crippen LogP contribution in [0.25, 0.3) is 11.0 Å². The zero-order chi connectivity index (χ0) is 16.4. The van der Waals surface area contributed by atoms with Gasteiger partial charge in [-0.2, -0.15) is 0 Å². The SMILES string of the molecule is O=C(CN1CCC(Nc2cncc3ccoc23)CC1)N1CCCC1. The van der Waals surface area contributed by atoms with E-state index >= 15 is 0 Å². The van der Waals surface area contributed by atoms with Gasteiger partial charge in [-0.3, -0.25) is 14.7 Å². The second kappa shape index (κ2) is 6.81. The molecule has 0 spiro atoms. The summed E-state index contributed by atoms with van der Waals surface area (Å²) in [5, 5.41) is 4.58. The van der Waals surface area contributed by atoms with E-state index in [1.807, 2.05) is 23.4 Å². The van der Waals surface area contributed by atoms with Gasteiger partial charge >= 0.3 is 0 Å². The molecule has 4 heterocycles. The molecule has 2 saturated heterocycles. The number of carbonyl (C=O) groups is 1. The Kier molecular flexibility index (Phi) is 4.38. The van der Waals surface area contributed by atoms with E-state index in [2.05, 4.69) is 15.2 Å². The number of hydrogen-bond acceptors (Lipinski definition) is 5. The van der Waals surface area contributed by atoms with Gasteiger partial charge in [0, 0.05) is 43.8 Å². The summed E-state index contributed by atoms with van der Waals surface area (Å²) in [6.07, 6.45) is 9.72. The minimum atomic E-state index is 0.295. The topological polar surface area (TPSA) is 61.6 Å². The van der Waals surface area contributed by atoms with Gasteiger partial charge in [-0.1, -0.05) is 0 Å². The highest BCUT2D eigenvalue weighted by molar-refractivity contribution is 5.87. The summed E-state index contributed by atoms with van der Waals surface area (Å²) in [5.74, 6) is 0.295. The number of aromatic nitrogens is 1. The Morgan fingerprint density at radius 1 is 1.21 bits per heavy atom. The molecule has 128 valence electrons. The normalized spacial score (nSPS) is 19.9. The molecule has 2 fully saturated rings. The maximum Gasteiger partial charge on any atom is 0.236 e. The summed E-state index contributed by atoms with van der Waals surface area (Å²) >= 11 is 0. The Balaban J connectivity index is 1.30. The van der Waals surface area contributed by atoms with Crippen molar-refractivity contribution in [3.8, 4) is 0 Å². The van der Waals surface area contributed by atoms with Crippen LogP contribution >= 0.6 is 0 Å². The number of carbonyl (C=O) groups excluding carboxylic acids is 1. The van der Waals surface area contributed by atoms with Crippen molar-refractivity contribution in [3.05, 3.63) is 24.7 Å². The molecule has 0 bridgehead atoms. The fourth-order valence-corrected chi connectivity index (χ4v) is 3.71. The standard InChI is InChI=1S/C18H24N4O2/c23-17(22-6-1-2-7-22)13-21-8-3-15(4-9-21)20-16-12-19-11-14-5-10-24-18(14)16/h5,10-12,15,20H,1-4,6-9,13H2. The van der Waals surface area contributed by atoms with Gasteiger partial charge in [0.25, 0.3) is 0 Å². The van der Waals surface area contributed by atoms with Crippen LogP contribution in [0.5, 0.6) is 0 Å². The lowest BCUT2D eigenvalue weighted by atomic mass is 10.0. The lowest BCUT2D eigenvalue weighted by Crippen LogP contribution is -2.44. The lowest BCUT2D eigenvalue weighted by molar-refractivity contribution is -0.131. The second-order valence-corrected chi connectivity index (χ2v) is 6.81. The van der Waals surface area contributed by atoms with Gasteiger partial charge in [0.05, 0.1) is 24.7 Å². The third-order valence-corrected chi connectivity index (χ3v) is 5.12. The molecular weight excluding hydrogens is 304 g/mol. The van der Waals surface area contributed by atoms with Gasteiger partial charge in [0.1, 0.15) is 0 Å².